The molecule has 6 nitrogen and oxygen atoms in total. The average molecular weight is 319 g/mol. The van der Waals surface area contributed by atoms with Gasteiger partial charge in [0, 0.05) is 24.5 Å². The number of carbonyl (C=O) groups is 1. The molecule has 118 valence electrons. The Kier molecular flexibility index (Phi) is 3.92. The maximum atomic E-state index is 11.5. The van der Waals surface area contributed by atoms with Crippen LogP contribution in [0.25, 0.3) is 10.2 Å². The minimum absolute atomic E-state index is 0.196. The number of anilines is 2. The molecule has 22 heavy (non-hydrogen) atoms. The molecule has 3 heterocycles. The molecule has 3 rings (SSSR count). The third-order valence-electron chi connectivity index (χ3n) is 4.06. The van der Waals surface area contributed by atoms with Crippen molar-refractivity contribution in [1.82, 2.24) is 4.98 Å². The number of pyridine rings is 1. The number of nitrogens with zero attached hydrogens (tertiary/aromatic N) is 2. The van der Waals surface area contributed by atoms with Gasteiger partial charge in [-0.05, 0) is 24.5 Å². The van der Waals surface area contributed by atoms with Gasteiger partial charge in [-0.15, -0.1) is 11.3 Å². The number of primary amides is 1. The molecule has 6 N–H and O–H groups in total. The minimum atomic E-state index is -0.493. The van der Waals surface area contributed by atoms with E-state index in [0.29, 0.717) is 10.6 Å². The number of carbonyl (C=O) groups excluding carboxylic acids is 1. The number of aromatic nitrogens is 1. The van der Waals surface area contributed by atoms with Crippen molar-refractivity contribution in [2.75, 3.05) is 23.7 Å². The van der Waals surface area contributed by atoms with E-state index in [1.165, 1.54) is 11.3 Å². The lowest BCUT2D eigenvalue weighted by Gasteiger charge is -2.18. The molecule has 0 radical (unpaired) electrons. The normalized spacial score (nSPS) is 18.3. The Morgan fingerprint density at radius 3 is 2.91 bits per heavy atom. The number of fused-ring (bicyclic) bond motifs is 1. The van der Waals surface area contributed by atoms with Gasteiger partial charge in [0.05, 0.1) is 5.69 Å². The smallest absolute Gasteiger partial charge is 0.260 e. The maximum Gasteiger partial charge on any atom is 0.260 e. The van der Waals surface area contributed by atoms with Crippen molar-refractivity contribution in [1.29, 1.82) is 0 Å². The quantitative estimate of drug-likeness (QED) is 0.790. The van der Waals surface area contributed by atoms with E-state index in [1.54, 1.807) is 0 Å². The van der Waals surface area contributed by atoms with Crippen molar-refractivity contribution < 1.29 is 4.79 Å². The predicted molar refractivity (Wildman–Crippen MR) is 91.4 cm³/mol. The van der Waals surface area contributed by atoms with Crippen molar-refractivity contribution in [2.24, 2.45) is 11.5 Å². The Labute approximate surface area is 133 Å². The van der Waals surface area contributed by atoms with Gasteiger partial charge < -0.3 is 22.1 Å². The van der Waals surface area contributed by atoms with Gasteiger partial charge >= 0.3 is 0 Å². The van der Waals surface area contributed by atoms with Gasteiger partial charge in [0.15, 0.2) is 0 Å². The number of aryl methyl sites for hydroxylation is 1. The average Bonchev–Trinajstić information content (AvgIpc) is 3.03. The molecule has 2 aromatic heterocycles. The first-order valence-corrected chi connectivity index (χ1v) is 8.35. The summed E-state index contributed by atoms with van der Waals surface area (Å²) in [7, 11) is 0. The highest BCUT2D eigenvalue weighted by Gasteiger charge is 2.23. The second-order valence-electron chi connectivity index (χ2n) is 5.77. The molecule has 0 aliphatic carbocycles. The topological polar surface area (TPSA) is 111 Å². The third kappa shape index (κ3) is 2.50. The maximum absolute atomic E-state index is 11.5. The highest BCUT2D eigenvalue weighted by molar-refractivity contribution is 7.21. The second-order valence-corrected chi connectivity index (χ2v) is 6.77. The van der Waals surface area contributed by atoms with E-state index in [4.69, 9.17) is 22.2 Å². The van der Waals surface area contributed by atoms with E-state index in [1.807, 2.05) is 0 Å². The monoisotopic (exact) mass is 319 g/mol. The summed E-state index contributed by atoms with van der Waals surface area (Å²) in [6.07, 6.45) is 2.87. The molecular formula is C15H21N5OS. The molecular weight excluding hydrogens is 298 g/mol. The van der Waals surface area contributed by atoms with Crippen LogP contribution in [0.1, 0.15) is 35.0 Å². The van der Waals surface area contributed by atoms with Crippen LogP contribution in [0.3, 0.4) is 0 Å². The number of rotatable bonds is 4. The van der Waals surface area contributed by atoms with E-state index in [2.05, 4.69) is 17.9 Å². The molecule has 0 saturated carbocycles. The fraction of sp³-hybridized carbons (Fsp3) is 0.467. The minimum Gasteiger partial charge on any atom is -0.397 e. The van der Waals surface area contributed by atoms with Crippen molar-refractivity contribution in [3.05, 3.63) is 16.5 Å². The lowest BCUT2D eigenvalue weighted by atomic mass is 10.1. The molecule has 0 spiro atoms. The fourth-order valence-corrected chi connectivity index (χ4v) is 3.98. The van der Waals surface area contributed by atoms with Crippen LogP contribution in [-0.4, -0.2) is 30.0 Å². The Morgan fingerprint density at radius 1 is 1.55 bits per heavy atom. The number of hydrogen-bond donors (Lipinski definition) is 3. The largest absolute Gasteiger partial charge is 0.397 e. The SMILES string of the molecule is CCCc1cc(N2CC[C@@H](N)C2)nc2sc(C(N)=O)c(N)c12. The van der Waals surface area contributed by atoms with Crippen molar-refractivity contribution in [2.45, 2.75) is 32.2 Å². The summed E-state index contributed by atoms with van der Waals surface area (Å²) in [5.41, 5.74) is 19.1. The molecule has 1 aliphatic heterocycles. The molecule has 1 amide bonds. The van der Waals surface area contributed by atoms with Crippen LogP contribution >= 0.6 is 11.3 Å². The molecule has 1 aliphatic rings. The summed E-state index contributed by atoms with van der Waals surface area (Å²) < 4.78 is 0. The van der Waals surface area contributed by atoms with Crippen LogP contribution < -0.4 is 22.1 Å². The molecule has 2 aromatic rings. The number of thiophene rings is 1. The molecule has 1 atom stereocenters. The molecule has 0 aromatic carbocycles. The van der Waals surface area contributed by atoms with Gasteiger partial charge in [0.25, 0.3) is 5.91 Å². The third-order valence-corrected chi connectivity index (χ3v) is 5.17. The molecule has 0 unspecified atom stereocenters. The summed E-state index contributed by atoms with van der Waals surface area (Å²) in [6, 6.07) is 2.28. The summed E-state index contributed by atoms with van der Waals surface area (Å²) in [5, 5.41) is 0.882. The second kappa shape index (κ2) is 5.73. The Morgan fingerprint density at radius 2 is 2.32 bits per heavy atom. The number of nitrogen functional groups attached to an aromatic ring is 1. The number of amides is 1. The van der Waals surface area contributed by atoms with Crippen molar-refractivity contribution in [3.8, 4) is 0 Å². The van der Waals surface area contributed by atoms with Crippen LogP contribution in [0.2, 0.25) is 0 Å². The summed E-state index contributed by atoms with van der Waals surface area (Å²) >= 11 is 1.28. The summed E-state index contributed by atoms with van der Waals surface area (Å²) in [6.45, 7) is 3.84. The van der Waals surface area contributed by atoms with Gasteiger partial charge in [-0.2, -0.15) is 0 Å². The zero-order valence-electron chi connectivity index (χ0n) is 12.6. The Hall–Kier alpha value is -1.86. The first-order valence-electron chi connectivity index (χ1n) is 7.53. The van der Waals surface area contributed by atoms with Crippen LogP contribution in [0, 0.1) is 0 Å². The first-order chi connectivity index (χ1) is 10.5. The fourth-order valence-electron chi connectivity index (χ4n) is 2.99. The van der Waals surface area contributed by atoms with Gasteiger partial charge in [-0.1, -0.05) is 13.3 Å². The van der Waals surface area contributed by atoms with Crippen LogP contribution in [0.4, 0.5) is 11.5 Å². The van der Waals surface area contributed by atoms with E-state index in [-0.39, 0.29) is 6.04 Å². The molecule has 1 saturated heterocycles. The lowest BCUT2D eigenvalue weighted by molar-refractivity contribution is 0.100. The van der Waals surface area contributed by atoms with Crippen molar-refractivity contribution in [3.63, 3.8) is 0 Å². The van der Waals surface area contributed by atoms with Gasteiger partial charge in [0.2, 0.25) is 0 Å². The molecule has 1 fully saturated rings. The van der Waals surface area contributed by atoms with Crippen LogP contribution in [-0.2, 0) is 6.42 Å². The van der Waals surface area contributed by atoms with Crippen molar-refractivity contribution >= 4 is 39.0 Å². The molecule has 7 heteroatoms. The van der Waals surface area contributed by atoms with Crippen LogP contribution in [0.5, 0.6) is 0 Å². The zero-order chi connectivity index (χ0) is 15.9. The Bertz CT molecular complexity index is 726. The molecule has 0 bridgehead atoms. The number of nitrogens with two attached hydrogens (primary N) is 3. The standard InChI is InChI=1S/C15H21N5OS/c1-2-3-8-6-10(20-5-4-9(16)7-20)19-15-11(8)12(17)13(22-15)14(18)21/h6,9H,2-5,7,16-17H2,1H3,(H2,18,21)/t9-/m1/s1. The predicted octanol–water partition coefficient (Wildman–Crippen LogP) is 1.47. The first kappa shape index (κ1) is 15.1. The van der Waals surface area contributed by atoms with E-state index in [9.17, 15) is 4.79 Å². The highest BCUT2D eigenvalue weighted by Crippen LogP contribution is 2.37. The van der Waals surface area contributed by atoms with E-state index in [0.717, 1.165) is 53.9 Å². The van der Waals surface area contributed by atoms with E-state index >= 15 is 0 Å². The lowest BCUT2D eigenvalue weighted by Crippen LogP contribution is -2.26. The van der Waals surface area contributed by atoms with Gasteiger partial charge in [0.1, 0.15) is 15.5 Å². The summed E-state index contributed by atoms with van der Waals surface area (Å²) in [5.74, 6) is 0.425. The van der Waals surface area contributed by atoms with Gasteiger partial charge in [-0.3, -0.25) is 4.79 Å². The highest BCUT2D eigenvalue weighted by atomic mass is 32.1. The van der Waals surface area contributed by atoms with E-state index < -0.39 is 5.91 Å². The zero-order valence-corrected chi connectivity index (χ0v) is 13.4. The Balaban J connectivity index is 2.14. The summed E-state index contributed by atoms with van der Waals surface area (Å²) in [4.78, 5) is 19.6. The van der Waals surface area contributed by atoms with Crippen LogP contribution in [0.15, 0.2) is 6.07 Å². The van der Waals surface area contributed by atoms with Gasteiger partial charge in [-0.25, -0.2) is 4.98 Å². The number of hydrogen-bond acceptors (Lipinski definition) is 6.